The number of carbonyl (C=O) groups is 2. The maximum absolute atomic E-state index is 11.8. The second-order valence-corrected chi connectivity index (χ2v) is 7.95. The van der Waals surface area contributed by atoms with E-state index < -0.39 is 19.2 Å². The van der Waals surface area contributed by atoms with Gasteiger partial charge < -0.3 is 14.6 Å². The van der Waals surface area contributed by atoms with Crippen molar-refractivity contribution in [3.8, 4) is 0 Å². The number of nitrogens with zero attached hydrogens (tertiary/aromatic N) is 1. The van der Waals surface area contributed by atoms with Crippen LogP contribution in [0.25, 0.3) is 0 Å². The highest BCUT2D eigenvalue weighted by molar-refractivity contribution is 7.63. The van der Waals surface area contributed by atoms with Crippen LogP contribution in [0.15, 0.2) is 0 Å². The van der Waals surface area contributed by atoms with Crippen LogP contribution in [-0.4, -0.2) is 53.5 Å². The molecule has 0 aliphatic carbocycles. The Morgan fingerprint density at radius 2 is 1.93 bits per heavy atom. The first-order chi connectivity index (χ1) is 6.73. The number of amides is 1. The van der Waals surface area contributed by atoms with E-state index in [1.165, 1.54) is 11.8 Å². The molecule has 1 amide bonds. The molecule has 1 heterocycles. The standard InChI is InChI=1S/C9H16NO4P/c1-6(11)10-5-7(15(2,3)14)4-8(10)9(12)13/h7-8H,4-5H2,1-3H3,(H,12,13)/t7-,8-/m0/s1. The SMILES string of the molecule is CC(=O)N1C[C@@H](P(C)(C)=O)C[C@H]1C(=O)O. The van der Waals surface area contributed by atoms with Gasteiger partial charge in [-0.15, -0.1) is 0 Å². The maximum Gasteiger partial charge on any atom is 0.326 e. The van der Waals surface area contributed by atoms with Gasteiger partial charge in [-0.3, -0.25) is 4.79 Å². The van der Waals surface area contributed by atoms with Crippen molar-refractivity contribution in [1.29, 1.82) is 0 Å². The lowest BCUT2D eigenvalue weighted by Crippen LogP contribution is -2.39. The van der Waals surface area contributed by atoms with Gasteiger partial charge in [0, 0.05) is 19.1 Å². The van der Waals surface area contributed by atoms with Crippen molar-refractivity contribution < 1.29 is 19.3 Å². The smallest absolute Gasteiger partial charge is 0.326 e. The molecular formula is C9H16NO4P. The zero-order chi connectivity index (χ0) is 11.8. The van der Waals surface area contributed by atoms with Crippen LogP contribution in [0.4, 0.5) is 0 Å². The van der Waals surface area contributed by atoms with Gasteiger partial charge in [-0.1, -0.05) is 0 Å². The number of carboxylic acid groups (broad SMARTS) is 1. The monoisotopic (exact) mass is 233 g/mol. The normalized spacial score (nSPS) is 26.7. The van der Waals surface area contributed by atoms with Gasteiger partial charge in [0.25, 0.3) is 0 Å². The lowest BCUT2D eigenvalue weighted by Gasteiger charge is -2.19. The third kappa shape index (κ3) is 2.59. The summed E-state index contributed by atoms with van der Waals surface area (Å²) in [4.78, 5) is 23.4. The van der Waals surface area contributed by atoms with E-state index in [4.69, 9.17) is 5.11 Å². The van der Waals surface area contributed by atoms with Crippen LogP contribution in [0, 0.1) is 0 Å². The summed E-state index contributed by atoms with van der Waals surface area (Å²) in [5.41, 5.74) is -0.178. The largest absolute Gasteiger partial charge is 0.480 e. The van der Waals surface area contributed by atoms with Gasteiger partial charge in [0.15, 0.2) is 0 Å². The van der Waals surface area contributed by atoms with Gasteiger partial charge >= 0.3 is 5.97 Å². The number of hydrogen-bond donors (Lipinski definition) is 1. The Hall–Kier alpha value is -0.830. The molecule has 0 unspecified atom stereocenters. The van der Waals surface area contributed by atoms with E-state index in [0.717, 1.165) is 0 Å². The molecule has 1 rings (SSSR count). The van der Waals surface area contributed by atoms with Crippen molar-refractivity contribution in [3.05, 3.63) is 0 Å². The average molecular weight is 233 g/mol. The molecule has 5 nitrogen and oxygen atoms in total. The predicted molar refractivity (Wildman–Crippen MR) is 56.7 cm³/mol. The van der Waals surface area contributed by atoms with E-state index in [9.17, 15) is 14.2 Å². The van der Waals surface area contributed by atoms with Gasteiger partial charge in [0.05, 0.1) is 7.14 Å². The molecule has 1 fully saturated rings. The third-order valence-corrected chi connectivity index (χ3v) is 4.98. The molecule has 0 aromatic heterocycles. The molecule has 1 saturated heterocycles. The van der Waals surface area contributed by atoms with E-state index in [2.05, 4.69) is 0 Å². The van der Waals surface area contributed by atoms with Crippen LogP contribution in [0.2, 0.25) is 0 Å². The Bertz CT molecular complexity index is 313. The van der Waals surface area contributed by atoms with Crippen LogP contribution in [-0.2, 0) is 14.2 Å². The highest BCUT2D eigenvalue weighted by Gasteiger charge is 2.42. The first-order valence-electron chi connectivity index (χ1n) is 4.78. The third-order valence-electron chi connectivity index (χ3n) is 2.85. The molecule has 0 spiro atoms. The Balaban J connectivity index is 2.88. The van der Waals surface area contributed by atoms with Gasteiger partial charge in [0.2, 0.25) is 5.91 Å². The van der Waals surface area contributed by atoms with Crippen LogP contribution in [0.1, 0.15) is 13.3 Å². The molecule has 1 aliphatic heterocycles. The van der Waals surface area contributed by atoms with E-state index in [1.807, 2.05) is 0 Å². The van der Waals surface area contributed by atoms with Crippen LogP contribution in [0.3, 0.4) is 0 Å². The molecule has 0 aromatic rings. The lowest BCUT2D eigenvalue weighted by molar-refractivity contribution is -0.147. The molecule has 1 N–H and O–H groups in total. The average Bonchev–Trinajstić information content (AvgIpc) is 2.45. The molecule has 0 bridgehead atoms. The second kappa shape index (κ2) is 3.97. The molecule has 0 radical (unpaired) electrons. The summed E-state index contributed by atoms with van der Waals surface area (Å²) in [6.45, 7) is 4.92. The molecular weight excluding hydrogens is 217 g/mol. The van der Waals surface area contributed by atoms with Crippen LogP contribution < -0.4 is 0 Å². The van der Waals surface area contributed by atoms with E-state index in [-0.39, 0.29) is 11.6 Å². The Labute approximate surface area is 88.8 Å². The highest BCUT2D eigenvalue weighted by Crippen LogP contribution is 2.48. The molecule has 6 heteroatoms. The topological polar surface area (TPSA) is 74.7 Å². The van der Waals surface area contributed by atoms with Crippen molar-refractivity contribution in [2.24, 2.45) is 0 Å². The summed E-state index contributed by atoms with van der Waals surface area (Å²) in [5.74, 6) is -1.28. The summed E-state index contributed by atoms with van der Waals surface area (Å²) >= 11 is 0. The summed E-state index contributed by atoms with van der Waals surface area (Å²) in [6.07, 6.45) is 0.305. The Morgan fingerprint density at radius 3 is 2.20 bits per heavy atom. The zero-order valence-corrected chi connectivity index (χ0v) is 10.0. The highest BCUT2D eigenvalue weighted by atomic mass is 31.2. The predicted octanol–water partition coefficient (Wildman–Crippen LogP) is 0.683. The minimum Gasteiger partial charge on any atom is -0.480 e. The number of rotatable bonds is 2. The summed E-state index contributed by atoms with van der Waals surface area (Å²) in [5, 5.41) is 8.93. The quantitative estimate of drug-likeness (QED) is 0.712. The fourth-order valence-electron chi connectivity index (χ4n) is 1.85. The second-order valence-electron chi connectivity index (χ2n) is 4.35. The lowest BCUT2D eigenvalue weighted by atomic mass is 10.2. The summed E-state index contributed by atoms with van der Waals surface area (Å²) in [6, 6.07) is -0.805. The van der Waals surface area contributed by atoms with Crippen molar-refractivity contribution in [1.82, 2.24) is 4.90 Å². The molecule has 15 heavy (non-hydrogen) atoms. The van der Waals surface area contributed by atoms with E-state index in [1.54, 1.807) is 13.3 Å². The van der Waals surface area contributed by atoms with Crippen molar-refractivity contribution in [2.75, 3.05) is 19.9 Å². The first kappa shape index (κ1) is 12.2. The molecule has 0 aromatic carbocycles. The maximum atomic E-state index is 11.8. The van der Waals surface area contributed by atoms with Gasteiger partial charge in [-0.05, 0) is 19.8 Å². The van der Waals surface area contributed by atoms with Crippen molar-refractivity contribution >= 4 is 19.0 Å². The minimum absolute atomic E-state index is 0.178. The van der Waals surface area contributed by atoms with E-state index >= 15 is 0 Å². The van der Waals surface area contributed by atoms with Crippen LogP contribution in [0.5, 0.6) is 0 Å². The van der Waals surface area contributed by atoms with Crippen molar-refractivity contribution in [2.45, 2.75) is 25.0 Å². The fraction of sp³-hybridized carbons (Fsp3) is 0.778. The molecule has 86 valence electrons. The van der Waals surface area contributed by atoms with Gasteiger partial charge in [-0.2, -0.15) is 0 Å². The molecule has 2 atom stereocenters. The fourth-order valence-corrected chi connectivity index (χ4v) is 3.12. The number of hydrogen-bond acceptors (Lipinski definition) is 3. The van der Waals surface area contributed by atoms with Gasteiger partial charge in [0.1, 0.15) is 6.04 Å². The van der Waals surface area contributed by atoms with Crippen LogP contribution >= 0.6 is 7.14 Å². The number of carboxylic acids is 1. The number of likely N-dealkylation sites (tertiary alicyclic amines) is 1. The van der Waals surface area contributed by atoms with Crippen molar-refractivity contribution in [3.63, 3.8) is 0 Å². The summed E-state index contributed by atoms with van der Waals surface area (Å²) < 4.78 is 11.8. The summed E-state index contributed by atoms with van der Waals surface area (Å²) in [7, 11) is -2.32. The molecule has 0 saturated carbocycles. The Morgan fingerprint density at radius 1 is 1.40 bits per heavy atom. The molecule has 1 aliphatic rings. The van der Waals surface area contributed by atoms with E-state index in [0.29, 0.717) is 13.0 Å². The first-order valence-corrected chi connectivity index (χ1v) is 7.45. The Kier molecular flexibility index (Phi) is 3.24. The minimum atomic E-state index is -2.32. The number of carbonyl (C=O) groups excluding carboxylic acids is 1. The van der Waals surface area contributed by atoms with Gasteiger partial charge in [-0.25, -0.2) is 4.79 Å². The zero-order valence-electron chi connectivity index (χ0n) is 9.14. The number of aliphatic carboxylic acids is 1.